The van der Waals surface area contributed by atoms with Crippen LogP contribution in [0.15, 0.2) is 88.2 Å². The van der Waals surface area contributed by atoms with Gasteiger partial charge in [-0.25, -0.2) is 0 Å². The number of anilines is 1. The molecule has 6 nitrogen and oxygen atoms in total. The van der Waals surface area contributed by atoms with Gasteiger partial charge < -0.3 is 14.5 Å². The van der Waals surface area contributed by atoms with Crippen LogP contribution in [0, 0.1) is 6.92 Å². The first kappa shape index (κ1) is 20.7. The molecule has 156 valence electrons. The molecule has 0 spiro atoms. The molecular formula is C24H21N3O3S. The molecule has 3 aromatic carbocycles. The van der Waals surface area contributed by atoms with Crippen LogP contribution in [-0.2, 0) is 10.5 Å². The zero-order valence-electron chi connectivity index (χ0n) is 16.9. The largest absolute Gasteiger partial charge is 0.484 e. The summed E-state index contributed by atoms with van der Waals surface area (Å²) in [6.07, 6.45) is 0. The van der Waals surface area contributed by atoms with E-state index in [9.17, 15) is 4.79 Å². The summed E-state index contributed by atoms with van der Waals surface area (Å²) in [6.45, 7) is 1.96. The highest BCUT2D eigenvalue weighted by atomic mass is 32.2. The molecule has 0 aliphatic heterocycles. The van der Waals surface area contributed by atoms with E-state index in [0.29, 0.717) is 29.0 Å². The van der Waals surface area contributed by atoms with E-state index in [-0.39, 0.29) is 12.5 Å². The minimum Gasteiger partial charge on any atom is -0.484 e. The van der Waals surface area contributed by atoms with Crippen LogP contribution in [0.3, 0.4) is 0 Å². The summed E-state index contributed by atoms with van der Waals surface area (Å²) in [5.41, 5.74) is 2.76. The lowest BCUT2D eigenvalue weighted by Crippen LogP contribution is -2.20. The van der Waals surface area contributed by atoms with Crippen molar-refractivity contribution in [2.45, 2.75) is 17.6 Å². The van der Waals surface area contributed by atoms with Gasteiger partial charge in [0.2, 0.25) is 11.8 Å². The van der Waals surface area contributed by atoms with E-state index in [1.54, 1.807) is 11.8 Å². The van der Waals surface area contributed by atoms with Gasteiger partial charge in [0.1, 0.15) is 5.75 Å². The number of benzene rings is 3. The molecule has 7 heteroatoms. The number of rotatable bonds is 8. The number of carbonyl (C=O) groups is 1. The summed E-state index contributed by atoms with van der Waals surface area (Å²) in [4.78, 5) is 13.1. The maximum atomic E-state index is 12.1. The molecule has 0 fully saturated rings. The third-order valence-corrected chi connectivity index (χ3v) is 5.38. The highest BCUT2D eigenvalue weighted by Crippen LogP contribution is 2.25. The molecule has 0 aliphatic rings. The molecule has 0 saturated carbocycles. The maximum absolute atomic E-state index is 12.1. The molecule has 0 aliphatic carbocycles. The normalized spacial score (nSPS) is 10.6. The van der Waals surface area contributed by atoms with Gasteiger partial charge in [-0.05, 0) is 55.5 Å². The van der Waals surface area contributed by atoms with E-state index >= 15 is 0 Å². The average Bonchev–Trinajstić information content (AvgIpc) is 3.28. The number of hydrogen-bond donors (Lipinski definition) is 1. The number of nitrogens with zero attached hydrogens (tertiary/aromatic N) is 2. The zero-order chi connectivity index (χ0) is 21.5. The Hall–Kier alpha value is -3.58. The van der Waals surface area contributed by atoms with Crippen LogP contribution in [0.4, 0.5) is 5.69 Å². The number of carbonyl (C=O) groups excluding carboxylic acids is 1. The molecule has 31 heavy (non-hydrogen) atoms. The monoisotopic (exact) mass is 431 g/mol. The molecule has 1 aromatic heterocycles. The Bertz CT molecular complexity index is 1130. The van der Waals surface area contributed by atoms with Crippen LogP contribution in [0.25, 0.3) is 11.5 Å². The summed E-state index contributed by atoms with van der Waals surface area (Å²) in [5.74, 6) is 2.11. The molecule has 1 heterocycles. The van der Waals surface area contributed by atoms with Crippen molar-refractivity contribution in [2.75, 3.05) is 11.9 Å². The summed E-state index contributed by atoms with van der Waals surface area (Å²) < 4.78 is 11.2. The first-order valence-electron chi connectivity index (χ1n) is 9.76. The Labute approximate surface area is 184 Å². The van der Waals surface area contributed by atoms with E-state index in [1.165, 1.54) is 0 Å². The lowest BCUT2D eigenvalue weighted by Gasteiger charge is -2.08. The topological polar surface area (TPSA) is 77.2 Å². The number of nitrogens with one attached hydrogen (secondary N) is 1. The second-order valence-corrected chi connectivity index (χ2v) is 7.88. The quantitative estimate of drug-likeness (QED) is 0.379. The molecule has 0 bridgehead atoms. The van der Waals surface area contributed by atoms with Crippen LogP contribution in [0.5, 0.6) is 5.75 Å². The number of amides is 1. The van der Waals surface area contributed by atoms with Crippen molar-refractivity contribution >= 4 is 23.4 Å². The number of hydrogen-bond acceptors (Lipinski definition) is 6. The number of ether oxygens (including phenoxy) is 1. The maximum Gasteiger partial charge on any atom is 0.262 e. The van der Waals surface area contributed by atoms with Gasteiger partial charge in [-0.15, -0.1) is 22.0 Å². The lowest BCUT2D eigenvalue weighted by atomic mass is 10.2. The third kappa shape index (κ3) is 5.96. The van der Waals surface area contributed by atoms with Gasteiger partial charge in [-0.1, -0.05) is 35.9 Å². The Morgan fingerprint density at radius 1 is 0.968 bits per heavy atom. The molecule has 0 radical (unpaired) electrons. The van der Waals surface area contributed by atoms with Crippen LogP contribution < -0.4 is 10.1 Å². The van der Waals surface area contributed by atoms with Crippen molar-refractivity contribution < 1.29 is 13.9 Å². The van der Waals surface area contributed by atoms with Crippen molar-refractivity contribution in [3.63, 3.8) is 0 Å². The summed E-state index contributed by atoms with van der Waals surface area (Å²) in [6, 6.07) is 24.9. The molecular weight excluding hydrogens is 410 g/mol. The highest BCUT2D eigenvalue weighted by Gasteiger charge is 2.09. The molecule has 1 N–H and O–H groups in total. The van der Waals surface area contributed by atoms with Gasteiger partial charge in [0.05, 0.1) is 5.75 Å². The third-order valence-electron chi connectivity index (χ3n) is 4.38. The predicted molar refractivity (Wildman–Crippen MR) is 121 cm³/mol. The smallest absolute Gasteiger partial charge is 0.262 e. The molecule has 4 rings (SSSR count). The number of thioether (sulfide) groups is 1. The molecule has 0 saturated heterocycles. The fraction of sp³-hybridized carbons (Fsp3) is 0.125. The summed E-state index contributed by atoms with van der Waals surface area (Å²) >= 11 is 1.58. The van der Waals surface area contributed by atoms with E-state index in [1.807, 2.05) is 85.8 Å². The van der Waals surface area contributed by atoms with Gasteiger partial charge in [-0.3, -0.25) is 4.79 Å². The SMILES string of the molecule is Cc1ccc(OCC(=O)Nc2ccc(SCc3nnc(-c4ccccc4)o3)cc2)cc1. The Kier molecular flexibility index (Phi) is 6.64. The summed E-state index contributed by atoms with van der Waals surface area (Å²) in [5, 5.41) is 11.0. The first-order valence-corrected chi connectivity index (χ1v) is 10.7. The van der Waals surface area contributed by atoms with Crippen molar-refractivity contribution in [3.8, 4) is 17.2 Å². The predicted octanol–water partition coefficient (Wildman–Crippen LogP) is 5.35. The van der Waals surface area contributed by atoms with Crippen LogP contribution in [0.1, 0.15) is 11.5 Å². The van der Waals surface area contributed by atoms with Crippen molar-refractivity contribution in [3.05, 3.63) is 90.3 Å². The molecule has 1 amide bonds. The second kappa shape index (κ2) is 9.95. The van der Waals surface area contributed by atoms with E-state index in [2.05, 4.69) is 15.5 Å². The van der Waals surface area contributed by atoms with Crippen LogP contribution in [-0.4, -0.2) is 22.7 Å². The van der Waals surface area contributed by atoms with E-state index in [0.717, 1.165) is 16.0 Å². The van der Waals surface area contributed by atoms with Gasteiger partial charge in [0, 0.05) is 16.1 Å². The van der Waals surface area contributed by atoms with Gasteiger partial charge >= 0.3 is 0 Å². The minimum absolute atomic E-state index is 0.0412. The average molecular weight is 432 g/mol. The van der Waals surface area contributed by atoms with Crippen molar-refractivity contribution in [1.82, 2.24) is 10.2 Å². The zero-order valence-corrected chi connectivity index (χ0v) is 17.8. The first-order chi connectivity index (χ1) is 15.2. The molecule has 0 unspecified atom stereocenters. The number of aromatic nitrogens is 2. The molecule has 4 aromatic rings. The minimum atomic E-state index is -0.208. The number of aryl methyl sites for hydroxylation is 1. The standard InChI is InChI=1S/C24H21N3O3S/c1-17-7-11-20(12-8-17)29-15-22(28)25-19-9-13-21(14-10-19)31-16-23-26-27-24(30-23)18-5-3-2-4-6-18/h2-14H,15-16H2,1H3,(H,25,28). The Balaban J connectivity index is 1.25. The Morgan fingerprint density at radius 3 is 2.45 bits per heavy atom. The van der Waals surface area contributed by atoms with Crippen LogP contribution in [0.2, 0.25) is 0 Å². The van der Waals surface area contributed by atoms with Gasteiger partial charge in [0.25, 0.3) is 5.91 Å². The van der Waals surface area contributed by atoms with Crippen molar-refractivity contribution in [1.29, 1.82) is 0 Å². The van der Waals surface area contributed by atoms with Crippen molar-refractivity contribution in [2.24, 2.45) is 0 Å². The highest BCUT2D eigenvalue weighted by molar-refractivity contribution is 7.98. The fourth-order valence-corrected chi connectivity index (χ4v) is 3.50. The second-order valence-electron chi connectivity index (χ2n) is 6.83. The van der Waals surface area contributed by atoms with E-state index in [4.69, 9.17) is 9.15 Å². The van der Waals surface area contributed by atoms with Crippen LogP contribution >= 0.6 is 11.8 Å². The van der Waals surface area contributed by atoms with Gasteiger partial charge in [-0.2, -0.15) is 0 Å². The summed E-state index contributed by atoms with van der Waals surface area (Å²) in [7, 11) is 0. The Morgan fingerprint density at radius 2 is 1.71 bits per heavy atom. The fourth-order valence-electron chi connectivity index (χ4n) is 2.77. The van der Waals surface area contributed by atoms with Gasteiger partial charge in [0.15, 0.2) is 6.61 Å². The molecule has 0 atom stereocenters. The lowest BCUT2D eigenvalue weighted by molar-refractivity contribution is -0.118. The van der Waals surface area contributed by atoms with E-state index < -0.39 is 0 Å².